The molecular weight excluding hydrogens is 832 g/mol. The van der Waals surface area contributed by atoms with Gasteiger partial charge in [0.05, 0.1) is 39.9 Å². The molecule has 0 aromatic heterocycles. The third kappa shape index (κ3) is 46.0. The van der Waals surface area contributed by atoms with Crippen molar-refractivity contribution in [3.63, 3.8) is 0 Å². The van der Waals surface area contributed by atoms with E-state index in [1.54, 1.807) is 0 Å². The van der Waals surface area contributed by atoms with Gasteiger partial charge in [-0.1, -0.05) is 175 Å². The van der Waals surface area contributed by atoms with E-state index in [9.17, 15) is 24.5 Å². The van der Waals surface area contributed by atoms with Gasteiger partial charge in [0.25, 0.3) is 0 Å². The number of nitrogens with zero attached hydrogens (tertiary/aromatic N) is 1. The summed E-state index contributed by atoms with van der Waals surface area (Å²) in [6.07, 6.45) is 61.6. The second-order valence-corrected chi connectivity index (χ2v) is 19.4. The van der Waals surface area contributed by atoms with Crippen LogP contribution in [-0.2, 0) is 18.4 Å². The van der Waals surface area contributed by atoms with Gasteiger partial charge in [0.1, 0.15) is 19.3 Å². The van der Waals surface area contributed by atoms with E-state index in [1.165, 1.54) is 44.9 Å². The molecule has 4 unspecified atom stereocenters. The topological polar surface area (TPSA) is 125 Å². The van der Waals surface area contributed by atoms with E-state index in [4.69, 9.17) is 9.05 Å². The number of aliphatic hydroxyl groups excluding tert-OH is 2. The molecule has 4 atom stereocenters. The van der Waals surface area contributed by atoms with Crippen molar-refractivity contribution in [3.05, 3.63) is 109 Å². The Balaban J connectivity index is 4.43. The number of likely N-dealkylation sites (N-methyl/N-ethyl adjacent to an activating group) is 1. The maximum atomic E-state index is 12.9. The van der Waals surface area contributed by atoms with Gasteiger partial charge in [-0.15, -0.1) is 0 Å². The predicted octanol–water partition coefficient (Wildman–Crippen LogP) is 13.8. The minimum absolute atomic E-state index is 0.00449. The lowest BCUT2D eigenvalue weighted by Gasteiger charge is -2.28. The van der Waals surface area contributed by atoms with Crippen molar-refractivity contribution in [3.8, 4) is 0 Å². The molecule has 1 amide bonds. The minimum Gasteiger partial charge on any atom is -0.390 e. The number of phosphoric ester groups is 1. The third-order valence-corrected chi connectivity index (χ3v) is 11.6. The second-order valence-electron chi connectivity index (χ2n) is 17.9. The number of rotatable bonds is 44. The summed E-state index contributed by atoms with van der Waals surface area (Å²) < 4.78 is 23.5. The molecule has 0 bridgehead atoms. The van der Waals surface area contributed by atoms with E-state index in [0.717, 1.165) is 89.9 Å². The molecule has 0 aromatic rings. The Morgan fingerprint density at radius 3 is 1.42 bits per heavy atom. The standard InChI is InChI=1S/C55H95N2O7P/c1-6-8-10-12-14-16-18-20-21-22-23-24-25-26-27-28-29-30-31-32-33-34-35-36-38-40-42-44-46-48-54(59)56-52(51-64-65(61,62)63-50-49-57(3,4)5)55(60)53(58)47-45-43-41-39-37-19-17-15-13-11-9-7-2/h8,10,14,16,20-21,23-24,26-27,29-30,32-33,35-36,39,41,52-53,55,58,60H,6-7,9,11-13,15,17-19,22,25,28,31,34,37-38,40,42-51H2,1-5H3,(H-,56,59,61,62)/p+1/b10-8-,16-14-,21-20-,24-23-,27-26-,30-29-,33-32-,36-35-,41-39+. The van der Waals surface area contributed by atoms with Crippen LogP contribution in [0.15, 0.2) is 109 Å². The van der Waals surface area contributed by atoms with Crippen LogP contribution in [0.3, 0.4) is 0 Å². The van der Waals surface area contributed by atoms with Crippen LogP contribution in [0.1, 0.15) is 174 Å². The van der Waals surface area contributed by atoms with Gasteiger partial charge < -0.3 is 24.9 Å². The van der Waals surface area contributed by atoms with E-state index in [1.807, 2.05) is 21.1 Å². The Morgan fingerprint density at radius 1 is 0.554 bits per heavy atom. The van der Waals surface area contributed by atoms with Crippen LogP contribution in [0, 0.1) is 0 Å². The smallest absolute Gasteiger partial charge is 0.390 e. The fourth-order valence-corrected chi connectivity index (χ4v) is 7.30. The summed E-state index contributed by atoms with van der Waals surface area (Å²) in [7, 11) is 1.38. The van der Waals surface area contributed by atoms with Crippen LogP contribution in [0.2, 0.25) is 0 Å². The summed E-state index contributed by atoms with van der Waals surface area (Å²) in [5.74, 6) is -0.299. The van der Waals surface area contributed by atoms with Gasteiger partial charge in [0, 0.05) is 6.42 Å². The Bertz CT molecular complexity index is 1440. The molecule has 4 N–H and O–H groups in total. The number of hydrogen-bond acceptors (Lipinski definition) is 6. The molecule has 0 spiro atoms. The molecule has 0 radical (unpaired) electrons. The van der Waals surface area contributed by atoms with E-state index in [0.29, 0.717) is 30.3 Å². The largest absolute Gasteiger partial charge is 0.472 e. The predicted molar refractivity (Wildman–Crippen MR) is 278 cm³/mol. The fourth-order valence-electron chi connectivity index (χ4n) is 6.57. The first-order valence-corrected chi connectivity index (χ1v) is 26.8. The molecule has 0 aromatic carbocycles. The van der Waals surface area contributed by atoms with Crippen molar-refractivity contribution in [2.75, 3.05) is 40.9 Å². The molecule has 0 heterocycles. The Morgan fingerprint density at radius 2 is 0.954 bits per heavy atom. The molecule has 65 heavy (non-hydrogen) atoms. The lowest BCUT2D eigenvalue weighted by molar-refractivity contribution is -0.870. The summed E-state index contributed by atoms with van der Waals surface area (Å²) in [6, 6.07) is -1.07. The maximum Gasteiger partial charge on any atom is 0.472 e. The van der Waals surface area contributed by atoms with Crippen molar-refractivity contribution in [2.45, 2.75) is 193 Å². The Labute approximate surface area is 398 Å². The highest BCUT2D eigenvalue weighted by Crippen LogP contribution is 2.43. The first-order valence-electron chi connectivity index (χ1n) is 25.3. The van der Waals surface area contributed by atoms with Crippen molar-refractivity contribution >= 4 is 13.7 Å². The number of carbonyl (C=O) groups is 1. The van der Waals surface area contributed by atoms with Gasteiger partial charge in [-0.2, -0.15) is 0 Å². The quantitative estimate of drug-likeness (QED) is 0.0208. The molecule has 0 aliphatic carbocycles. The summed E-state index contributed by atoms with van der Waals surface area (Å²) in [4.78, 5) is 23.2. The fraction of sp³-hybridized carbons (Fsp3) is 0.655. The van der Waals surface area contributed by atoms with Gasteiger partial charge in [-0.25, -0.2) is 4.57 Å². The lowest BCUT2D eigenvalue weighted by Crippen LogP contribution is -2.51. The van der Waals surface area contributed by atoms with Crippen LogP contribution < -0.4 is 5.32 Å². The van der Waals surface area contributed by atoms with Gasteiger partial charge in [-0.3, -0.25) is 13.8 Å². The highest BCUT2D eigenvalue weighted by molar-refractivity contribution is 7.47. The summed E-state index contributed by atoms with van der Waals surface area (Å²) in [5.41, 5.74) is 0. The van der Waals surface area contributed by atoms with Crippen LogP contribution in [0.25, 0.3) is 0 Å². The number of amides is 1. The van der Waals surface area contributed by atoms with Gasteiger partial charge in [-0.05, 0) is 103 Å². The zero-order valence-corrected chi connectivity index (χ0v) is 42.7. The summed E-state index contributed by atoms with van der Waals surface area (Å²) in [5, 5.41) is 24.7. The monoisotopic (exact) mass is 928 g/mol. The number of aliphatic hydroxyl groups is 2. The number of unbranched alkanes of at least 4 members (excludes halogenated alkanes) is 12. The SMILES string of the molecule is CC/C=C\C/C=C\C/C=C\C/C=C\C/C=C\C/C=C\C/C=C\C/C=C\CCCCCCC(=O)NC(COP(=O)(O)OCC[N+](C)(C)C)C(O)C(O)CCC/C=C/CCCCCCCCC. The van der Waals surface area contributed by atoms with Gasteiger partial charge >= 0.3 is 7.82 Å². The van der Waals surface area contributed by atoms with Crippen LogP contribution >= 0.6 is 7.82 Å². The van der Waals surface area contributed by atoms with Gasteiger partial charge in [0.2, 0.25) is 5.91 Å². The molecule has 0 fully saturated rings. The molecule has 0 saturated carbocycles. The minimum atomic E-state index is -4.44. The van der Waals surface area contributed by atoms with Crippen LogP contribution in [0.4, 0.5) is 0 Å². The summed E-state index contributed by atoms with van der Waals surface area (Å²) in [6.45, 7) is 4.41. The number of nitrogens with one attached hydrogen (secondary N) is 1. The Kier molecular flexibility index (Phi) is 42.9. The van der Waals surface area contributed by atoms with E-state index >= 15 is 0 Å². The molecule has 372 valence electrons. The second kappa shape index (κ2) is 44.9. The summed E-state index contributed by atoms with van der Waals surface area (Å²) >= 11 is 0. The lowest BCUT2D eigenvalue weighted by atomic mass is 10.0. The third-order valence-electron chi connectivity index (χ3n) is 10.6. The number of hydrogen-bond donors (Lipinski definition) is 4. The highest BCUT2D eigenvalue weighted by Gasteiger charge is 2.31. The molecule has 0 aliphatic rings. The first kappa shape index (κ1) is 62.1. The van der Waals surface area contributed by atoms with Crippen LogP contribution in [-0.4, -0.2) is 84.6 Å². The van der Waals surface area contributed by atoms with Gasteiger partial charge in [0.15, 0.2) is 0 Å². The molecule has 9 nitrogen and oxygen atoms in total. The molecular formula is C55H96N2O7P+. The van der Waals surface area contributed by atoms with Crippen LogP contribution in [0.5, 0.6) is 0 Å². The average Bonchev–Trinajstić information content (AvgIpc) is 3.26. The molecule has 0 rings (SSSR count). The number of quaternary nitrogens is 1. The van der Waals surface area contributed by atoms with E-state index < -0.39 is 32.7 Å². The average molecular weight is 928 g/mol. The molecule has 0 saturated heterocycles. The zero-order chi connectivity index (χ0) is 48.0. The zero-order valence-electron chi connectivity index (χ0n) is 41.8. The van der Waals surface area contributed by atoms with Crippen molar-refractivity contribution in [2.24, 2.45) is 0 Å². The van der Waals surface area contributed by atoms with E-state index in [2.05, 4.69) is 129 Å². The number of phosphoric acid groups is 1. The highest BCUT2D eigenvalue weighted by atomic mass is 31.2. The Hall–Kier alpha value is -2.88. The number of carbonyl (C=O) groups excluding carboxylic acids is 1. The first-order chi connectivity index (χ1) is 31.4. The number of allylic oxidation sites excluding steroid dienone is 18. The van der Waals surface area contributed by atoms with Crippen molar-refractivity contribution < 1.29 is 38.0 Å². The normalized spacial score (nSPS) is 15.5. The molecule has 0 aliphatic heterocycles. The van der Waals surface area contributed by atoms with Crippen molar-refractivity contribution in [1.82, 2.24) is 5.32 Å². The van der Waals surface area contributed by atoms with E-state index in [-0.39, 0.29) is 18.9 Å². The van der Waals surface area contributed by atoms with Crippen molar-refractivity contribution in [1.29, 1.82) is 0 Å². The molecule has 10 heteroatoms. The maximum absolute atomic E-state index is 12.9.